The van der Waals surface area contributed by atoms with Crippen molar-refractivity contribution in [1.82, 2.24) is 29.2 Å². The number of piperidine rings is 1. The van der Waals surface area contributed by atoms with E-state index in [-0.39, 0.29) is 17.4 Å². The van der Waals surface area contributed by atoms with E-state index >= 15 is 0 Å². The van der Waals surface area contributed by atoms with Gasteiger partial charge < -0.3 is 14.5 Å². The van der Waals surface area contributed by atoms with Crippen LogP contribution in [0.25, 0.3) is 11.0 Å². The molecular formula is C23H30N6O2. The summed E-state index contributed by atoms with van der Waals surface area (Å²) in [5.41, 5.74) is 2.01. The minimum absolute atomic E-state index is 0.0186. The standard InChI is InChI=1S/C23H30N6O2/c1-15-19-21(29(26-15)17-9-4-3-5-10-17)24-20(25-22(19)30)16-8-6-13-28(14-16)23(31)18-11-7-12-27(18)2/h7,11-12,16-17H,3-6,8-10,13-14H2,1-2H3,(H,24,25,30). The van der Waals surface area contributed by atoms with E-state index in [4.69, 9.17) is 10.1 Å². The van der Waals surface area contributed by atoms with Gasteiger partial charge in [0.1, 0.15) is 16.9 Å². The number of H-pyrrole nitrogens is 1. The lowest BCUT2D eigenvalue weighted by Crippen LogP contribution is -2.40. The van der Waals surface area contributed by atoms with Crippen LogP contribution in [-0.4, -0.2) is 48.2 Å². The Morgan fingerprint density at radius 3 is 2.71 bits per heavy atom. The number of carbonyl (C=O) groups is 1. The van der Waals surface area contributed by atoms with Gasteiger partial charge in [-0.05, 0) is 44.7 Å². The fourth-order valence-electron chi connectivity index (χ4n) is 5.23. The largest absolute Gasteiger partial charge is 0.347 e. The first-order valence-corrected chi connectivity index (χ1v) is 11.4. The number of nitrogens with one attached hydrogen (secondary N) is 1. The summed E-state index contributed by atoms with van der Waals surface area (Å²) in [4.78, 5) is 35.8. The maximum absolute atomic E-state index is 13.0. The molecule has 1 aliphatic carbocycles. The second kappa shape index (κ2) is 7.98. The fourth-order valence-corrected chi connectivity index (χ4v) is 5.23. The van der Waals surface area contributed by atoms with Crippen LogP contribution in [0.1, 0.15) is 78.9 Å². The molecule has 3 aromatic rings. The van der Waals surface area contributed by atoms with Crippen molar-refractivity contribution in [2.45, 2.75) is 63.8 Å². The van der Waals surface area contributed by atoms with Crippen LogP contribution < -0.4 is 5.56 Å². The first kappa shape index (κ1) is 20.0. The summed E-state index contributed by atoms with van der Waals surface area (Å²) in [5.74, 6) is 0.729. The van der Waals surface area contributed by atoms with Gasteiger partial charge in [-0.25, -0.2) is 9.67 Å². The number of carbonyl (C=O) groups excluding carboxylic acids is 1. The zero-order valence-electron chi connectivity index (χ0n) is 18.3. The molecule has 8 nitrogen and oxygen atoms in total. The zero-order valence-corrected chi connectivity index (χ0v) is 18.3. The van der Waals surface area contributed by atoms with Crippen molar-refractivity contribution in [3.63, 3.8) is 0 Å². The van der Waals surface area contributed by atoms with Gasteiger partial charge >= 0.3 is 0 Å². The van der Waals surface area contributed by atoms with E-state index in [0.29, 0.717) is 35.1 Å². The molecule has 0 aromatic carbocycles. The predicted octanol–water partition coefficient (Wildman–Crippen LogP) is 3.29. The molecule has 1 saturated carbocycles. The molecule has 1 amide bonds. The first-order valence-electron chi connectivity index (χ1n) is 11.4. The van der Waals surface area contributed by atoms with Crippen LogP contribution in [0, 0.1) is 6.92 Å². The minimum Gasteiger partial charge on any atom is -0.347 e. The lowest BCUT2D eigenvalue weighted by molar-refractivity contribution is 0.0695. The smallest absolute Gasteiger partial charge is 0.270 e. The van der Waals surface area contributed by atoms with Gasteiger partial charge in [0.25, 0.3) is 11.5 Å². The Bertz CT molecular complexity index is 1170. The minimum atomic E-state index is -0.120. The number of rotatable bonds is 3. The molecule has 1 atom stereocenters. The van der Waals surface area contributed by atoms with Crippen molar-refractivity contribution in [3.8, 4) is 0 Å². The van der Waals surface area contributed by atoms with Crippen LogP contribution in [0.5, 0.6) is 0 Å². The first-order chi connectivity index (χ1) is 15.0. The van der Waals surface area contributed by atoms with Crippen LogP contribution >= 0.6 is 0 Å². The third kappa shape index (κ3) is 3.58. The average Bonchev–Trinajstić information content (AvgIpc) is 3.37. The van der Waals surface area contributed by atoms with Gasteiger partial charge in [-0.2, -0.15) is 5.10 Å². The van der Waals surface area contributed by atoms with Gasteiger partial charge in [0.05, 0.1) is 11.7 Å². The Morgan fingerprint density at radius 1 is 1.16 bits per heavy atom. The average molecular weight is 423 g/mol. The zero-order chi connectivity index (χ0) is 21.5. The van der Waals surface area contributed by atoms with Crippen LogP contribution in [0.3, 0.4) is 0 Å². The lowest BCUT2D eigenvalue weighted by atomic mass is 9.95. The van der Waals surface area contributed by atoms with Crippen molar-refractivity contribution in [3.05, 3.63) is 45.9 Å². The van der Waals surface area contributed by atoms with E-state index in [1.807, 2.05) is 46.4 Å². The Labute approximate surface area is 181 Å². The molecule has 3 aromatic heterocycles. The number of hydrogen-bond donors (Lipinski definition) is 1. The highest BCUT2D eigenvalue weighted by atomic mass is 16.2. The molecule has 0 bridgehead atoms. The second-order valence-corrected chi connectivity index (χ2v) is 9.07. The molecule has 1 N–H and O–H groups in total. The maximum Gasteiger partial charge on any atom is 0.270 e. The van der Waals surface area contributed by atoms with E-state index in [9.17, 15) is 9.59 Å². The summed E-state index contributed by atoms with van der Waals surface area (Å²) in [6.07, 6.45) is 9.51. The molecule has 1 saturated heterocycles. The van der Waals surface area contributed by atoms with E-state index < -0.39 is 0 Å². The Hall–Kier alpha value is -2.90. The second-order valence-electron chi connectivity index (χ2n) is 9.07. The molecule has 1 unspecified atom stereocenters. The van der Waals surface area contributed by atoms with Crippen LogP contribution in [0.4, 0.5) is 0 Å². The molecule has 31 heavy (non-hydrogen) atoms. The molecule has 164 valence electrons. The number of aromatic nitrogens is 5. The molecule has 1 aliphatic heterocycles. The van der Waals surface area contributed by atoms with Crippen molar-refractivity contribution in [2.75, 3.05) is 13.1 Å². The number of aromatic amines is 1. The third-order valence-corrected chi connectivity index (χ3v) is 6.93. The number of aryl methyl sites for hydroxylation is 2. The summed E-state index contributed by atoms with van der Waals surface area (Å²) in [6, 6.07) is 4.05. The topological polar surface area (TPSA) is 88.8 Å². The van der Waals surface area contributed by atoms with Gasteiger partial charge in [-0.3, -0.25) is 9.59 Å². The molecule has 0 radical (unpaired) electrons. The highest BCUT2D eigenvalue weighted by Crippen LogP contribution is 2.31. The predicted molar refractivity (Wildman–Crippen MR) is 118 cm³/mol. The van der Waals surface area contributed by atoms with E-state index in [0.717, 1.165) is 37.9 Å². The van der Waals surface area contributed by atoms with Gasteiger partial charge in [0.15, 0.2) is 5.65 Å². The monoisotopic (exact) mass is 422 g/mol. The fraction of sp³-hybridized carbons (Fsp3) is 0.565. The molecule has 2 aliphatic rings. The number of hydrogen-bond acceptors (Lipinski definition) is 4. The van der Waals surface area contributed by atoms with Gasteiger partial charge in [0.2, 0.25) is 0 Å². The van der Waals surface area contributed by atoms with Crippen molar-refractivity contribution >= 4 is 16.9 Å². The van der Waals surface area contributed by atoms with E-state index in [1.165, 1.54) is 19.3 Å². The van der Waals surface area contributed by atoms with Crippen molar-refractivity contribution < 1.29 is 4.79 Å². The lowest BCUT2D eigenvalue weighted by Gasteiger charge is -2.32. The number of likely N-dealkylation sites (tertiary alicyclic amines) is 1. The Balaban J connectivity index is 1.47. The quantitative estimate of drug-likeness (QED) is 0.701. The van der Waals surface area contributed by atoms with Gasteiger partial charge in [-0.1, -0.05) is 19.3 Å². The van der Waals surface area contributed by atoms with E-state index in [1.54, 1.807) is 0 Å². The molecule has 5 rings (SSSR count). The highest BCUT2D eigenvalue weighted by molar-refractivity contribution is 5.92. The maximum atomic E-state index is 13.0. The van der Waals surface area contributed by atoms with Crippen LogP contribution in [0.2, 0.25) is 0 Å². The molecule has 0 spiro atoms. The number of amides is 1. The molecule has 4 heterocycles. The third-order valence-electron chi connectivity index (χ3n) is 6.93. The number of fused-ring (bicyclic) bond motifs is 1. The Kier molecular flexibility index (Phi) is 5.16. The summed E-state index contributed by atoms with van der Waals surface area (Å²) in [6.45, 7) is 3.18. The number of nitrogens with zero attached hydrogens (tertiary/aromatic N) is 5. The summed E-state index contributed by atoms with van der Waals surface area (Å²) >= 11 is 0. The van der Waals surface area contributed by atoms with Gasteiger partial charge in [0, 0.05) is 32.3 Å². The molecular weight excluding hydrogens is 392 g/mol. The summed E-state index contributed by atoms with van der Waals surface area (Å²) in [5, 5.41) is 5.31. The molecule has 2 fully saturated rings. The van der Waals surface area contributed by atoms with Crippen molar-refractivity contribution in [1.29, 1.82) is 0 Å². The Morgan fingerprint density at radius 2 is 1.97 bits per heavy atom. The SMILES string of the molecule is Cc1nn(C2CCCCC2)c2nc(C3CCCN(C(=O)c4cccn4C)C3)[nH]c(=O)c12. The van der Waals surface area contributed by atoms with Crippen molar-refractivity contribution in [2.24, 2.45) is 7.05 Å². The normalized spacial score (nSPS) is 20.5. The summed E-state index contributed by atoms with van der Waals surface area (Å²) in [7, 11) is 1.89. The van der Waals surface area contributed by atoms with Gasteiger partial charge in [-0.15, -0.1) is 0 Å². The highest BCUT2D eigenvalue weighted by Gasteiger charge is 2.29. The van der Waals surface area contributed by atoms with Crippen LogP contribution in [-0.2, 0) is 7.05 Å². The van der Waals surface area contributed by atoms with Crippen LogP contribution in [0.15, 0.2) is 23.1 Å². The summed E-state index contributed by atoms with van der Waals surface area (Å²) < 4.78 is 3.85. The van der Waals surface area contributed by atoms with E-state index in [2.05, 4.69) is 4.98 Å². The molecule has 8 heteroatoms.